The van der Waals surface area contributed by atoms with E-state index in [2.05, 4.69) is 5.32 Å². The standard InChI is InChI=1S/C12H22BN3O4/c1-9(17)15-6-4-10(8-15)14-7-12(18)16-5-2-3-11(16)13(19)20/h10-11,14,19-20H,2-8H2,1H3/t10-,11-/m0/s1. The lowest BCUT2D eigenvalue weighted by atomic mass is 9.78. The van der Waals surface area contributed by atoms with Crippen molar-refractivity contribution < 1.29 is 19.6 Å². The monoisotopic (exact) mass is 283 g/mol. The van der Waals surface area contributed by atoms with E-state index >= 15 is 0 Å². The average molecular weight is 283 g/mol. The fourth-order valence-corrected chi connectivity index (χ4v) is 2.96. The minimum absolute atomic E-state index is 0.0589. The molecular formula is C12H22BN3O4. The van der Waals surface area contributed by atoms with Crippen molar-refractivity contribution in [2.75, 3.05) is 26.2 Å². The second-order valence-electron chi connectivity index (χ2n) is 5.54. The van der Waals surface area contributed by atoms with Crippen LogP contribution in [0, 0.1) is 0 Å². The Morgan fingerprint density at radius 2 is 2.05 bits per heavy atom. The largest absolute Gasteiger partial charge is 0.475 e. The van der Waals surface area contributed by atoms with Crippen LogP contribution >= 0.6 is 0 Å². The summed E-state index contributed by atoms with van der Waals surface area (Å²) < 4.78 is 0. The van der Waals surface area contributed by atoms with E-state index in [1.54, 1.807) is 11.8 Å². The molecule has 2 fully saturated rings. The predicted octanol–water partition coefficient (Wildman–Crippen LogP) is -1.80. The summed E-state index contributed by atoms with van der Waals surface area (Å²) >= 11 is 0. The minimum atomic E-state index is -1.47. The molecule has 0 radical (unpaired) electrons. The molecule has 2 saturated heterocycles. The molecule has 0 saturated carbocycles. The third-order valence-corrected chi connectivity index (χ3v) is 4.14. The van der Waals surface area contributed by atoms with E-state index in [0.29, 0.717) is 19.5 Å². The van der Waals surface area contributed by atoms with Crippen LogP contribution in [-0.2, 0) is 9.59 Å². The van der Waals surface area contributed by atoms with Crippen molar-refractivity contribution in [3.63, 3.8) is 0 Å². The van der Waals surface area contributed by atoms with Gasteiger partial charge in [-0.1, -0.05) is 0 Å². The highest BCUT2D eigenvalue weighted by atomic mass is 16.4. The molecule has 112 valence electrons. The Morgan fingerprint density at radius 1 is 1.30 bits per heavy atom. The van der Waals surface area contributed by atoms with Crippen LogP contribution in [0.3, 0.4) is 0 Å². The fraction of sp³-hybridized carbons (Fsp3) is 0.833. The molecule has 2 rings (SSSR count). The SMILES string of the molecule is CC(=O)N1CC[C@H](NCC(=O)N2CCC[C@H]2B(O)O)C1. The number of carbonyl (C=O) groups excluding carboxylic acids is 2. The van der Waals surface area contributed by atoms with Gasteiger partial charge in [0.2, 0.25) is 11.8 Å². The van der Waals surface area contributed by atoms with Gasteiger partial charge in [0.15, 0.2) is 0 Å². The summed E-state index contributed by atoms with van der Waals surface area (Å²) in [5.74, 6) is -0.535. The molecule has 2 atom stereocenters. The van der Waals surface area contributed by atoms with Crippen LogP contribution in [0.5, 0.6) is 0 Å². The van der Waals surface area contributed by atoms with Crippen LogP contribution in [0.25, 0.3) is 0 Å². The van der Waals surface area contributed by atoms with Gasteiger partial charge in [-0.15, -0.1) is 0 Å². The summed E-state index contributed by atoms with van der Waals surface area (Å²) in [4.78, 5) is 26.6. The molecule has 0 spiro atoms. The highest BCUT2D eigenvalue weighted by molar-refractivity contribution is 6.43. The predicted molar refractivity (Wildman–Crippen MR) is 73.6 cm³/mol. The van der Waals surface area contributed by atoms with Gasteiger partial charge in [-0.05, 0) is 19.3 Å². The van der Waals surface area contributed by atoms with Crippen molar-refractivity contribution in [2.45, 2.75) is 38.2 Å². The van der Waals surface area contributed by atoms with Crippen LogP contribution < -0.4 is 5.32 Å². The van der Waals surface area contributed by atoms with Crippen LogP contribution in [-0.4, -0.2) is 76.9 Å². The summed E-state index contributed by atoms with van der Waals surface area (Å²) in [5.41, 5.74) is 0. The molecule has 2 aliphatic rings. The molecule has 0 aromatic carbocycles. The average Bonchev–Trinajstić information content (AvgIpc) is 3.04. The summed E-state index contributed by atoms with van der Waals surface area (Å²) in [7, 11) is -1.47. The molecule has 2 amide bonds. The van der Waals surface area contributed by atoms with Gasteiger partial charge in [-0.3, -0.25) is 9.59 Å². The molecule has 20 heavy (non-hydrogen) atoms. The Labute approximate surface area is 119 Å². The smallest absolute Gasteiger partial charge is 0.426 e. The van der Waals surface area contributed by atoms with Gasteiger partial charge >= 0.3 is 7.12 Å². The number of likely N-dealkylation sites (tertiary alicyclic amines) is 2. The summed E-state index contributed by atoms with van der Waals surface area (Å²) in [5, 5.41) is 21.6. The number of nitrogens with one attached hydrogen (secondary N) is 1. The van der Waals surface area contributed by atoms with Gasteiger partial charge in [0.25, 0.3) is 0 Å². The number of hydrogen-bond acceptors (Lipinski definition) is 5. The molecular weight excluding hydrogens is 261 g/mol. The van der Waals surface area contributed by atoms with Gasteiger partial charge in [-0.2, -0.15) is 0 Å². The molecule has 2 heterocycles. The molecule has 3 N–H and O–H groups in total. The fourth-order valence-electron chi connectivity index (χ4n) is 2.96. The van der Waals surface area contributed by atoms with Crippen molar-refractivity contribution >= 4 is 18.9 Å². The summed E-state index contributed by atoms with van der Waals surface area (Å²) in [6.07, 6.45) is 2.28. The van der Waals surface area contributed by atoms with Gasteiger partial charge in [0, 0.05) is 32.6 Å². The first-order valence-corrected chi connectivity index (χ1v) is 7.13. The number of amides is 2. The Bertz CT molecular complexity index is 380. The van der Waals surface area contributed by atoms with E-state index in [9.17, 15) is 19.6 Å². The van der Waals surface area contributed by atoms with Gasteiger partial charge in [0.1, 0.15) is 0 Å². The first-order valence-electron chi connectivity index (χ1n) is 7.13. The quantitative estimate of drug-likeness (QED) is 0.529. The molecule has 8 heteroatoms. The Hall–Kier alpha value is -1.12. The Kier molecular flexibility index (Phi) is 5.01. The zero-order valence-electron chi connectivity index (χ0n) is 11.8. The van der Waals surface area contributed by atoms with Gasteiger partial charge < -0.3 is 25.2 Å². The normalized spacial score (nSPS) is 26.1. The van der Waals surface area contributed by atoms with Gasteiger partial charge in [0.05, 0.1) is 12.5 Å². The lowest BCUT2D eigenvalue weighted by molar-refractivity contribution is -0.130. The molecule has 0 aromatic rings. The molecule has 0 aromatic heterocycles. The van der Waals surface area contributed by atoms with E-state index in [1.165, 1.54) is 4.90 Å². The number of hydrogen-bond donors (Lipinski definition) is 3. The third-order valence-electron chi connectivity index (χ3n) is 4.14. The zero-order valence-corrected chi connectivity index (χ0v) is 11.8. The van der Waals surface area contributed by atoms with E-state index in [4.69, 9.17) is 0 Å². The minimum Gasteiger partial charge on any atom is -0.426 e. The van der Waals surface area contributed by atoms with Crippen molar-refractivity contribution in [3.8, 4) is 0 Å². The second-order valence-corrected chi connectivity index (χ2v) is 5.54. The highest BCUT2D eigenvalue weighted by Gasteiger charge is 2.36. The highest BCUT2D eigenvalue weighted by Crippen LogP contribution is 2.18. The number of rotatable bonds is 4. The topological polar surface area (TPSA) is 93.1 Å². The lowest BCUT2D eigenvalue weighted by Gasteiger charge is -2.25. The first-order chi connectivity index (χ1) is 9.49. The molecule has 0 aliphatic carbocycles. The molecule has 7 nitrogen and oxygen atoms in total. The lowest BCUT2D eigenvalue weighted by Crippen LogP contribution is -2.49. The van der Waals surface area contributed by atoms with Crippen molar-refractivity contribution in [3.05, 3.63) is 0 Å². The van der Waals surface area contributed by atoms with Gasteiger partial charge in [-0.25, -0.2) is 0 Å². The number of carbonyl (C=O) groups is 2. The molecule has 2 aliphatic heterocycles. The third kappa shape index (κ3) is 3.50. The Balaban J connectivity index is 1.77. The maximum absolute atomic E-state index is 12.1. The van der Waals surface area contributed by atoms with Crippen molar-refractivity contribution in [1.82, 2.24) is 15.1 Å². The Morgan fingerprint density at radius 3 is 2.65 bits per heavy atom. The van der Waals surface area contributed by atoms with Crippen LogP contribution in [0.2, 0.25) is 0 Å². The van der Waals surface area contributed by atoms with Crippen LogP contribution in [0.15, 0.2) is 0 Å². The maximum atomic E-state index is 12.1. The van der Waals surface area contributed by atoms with Crippen molar-refractivity contribution in [2.24, 2.45) is 0 Å². The maximum Gasteiger partial charge on any atom is 0.475 e. The van der Waals surface area contributed by atoms with E-state index in [0.717, 1.165) is 19.4 Å². The number of nitrogens with zero attached hydrogens (tertiary/aromatic N) is 2. The summed E-state index contributed by atoms with van der Waals surface area (Å²) in [6.45, 7) is 3.66. The zero-order chi connectivity index (χ0) is 14.7. The van der Waals surface area contributed by atoms with E-state index < -0.39 is 13.1 Å². The second kappa shape index (κ2) is 6.56. The van der Waals surface area contributed by atoms with Crippen LogP contribution in [0.1, 0.15) is 26.2 Å². The molecule has 0 bridgehead atoms. The van der Waals surface area contributed by atoms with Crippen LogP contribution in [0.4, 0.5) is 0 Å². The summed E-state index contributed by atoms with van der Waals surface area (Å²) in [6, 6.07) is 0.142. The van der Waals surface area contributed by atoms with E-state index in [1.807, 2.05) is 0 Å². The first kappa shape index (κ1) is 15.3. The molecule has 0 unspecified atom stereocenters. The van der Waals surface area contributed by atoms with E-state index in [-0.39, 0.29) is 24.4 Å². The van der Waals surface area contributed by atoms with Crippen molar-refractivity contribution in [1.29, 1.82) is 0 Å².